The fourth-order valence-corrected chi connectivity index (χ4v) is 2.28. The van der Waals surface area contributed by atoms with Crippen LogP contribution in [-0.2, 0) is 4.79 Å². The highest BCUT2D eigenvalue weighted by atomic mass is 16.1. The van der Waals surface area contributed by atoms with E-state index in [1.807, 2.05) is 42.5 Å². The number of hydrogen-bond donors (Lipinski definition) is 0. The van der Waals surface area contributed by atoms with Gasteiger partial charge < -0.3 is 0 Å². The molecule has 3 nitrogen and oxygen atoms in total. The number of ketones is 1. The lowest BCUT2D eigenvalue weighted by Crippen LogP contribution is -1.96. The number of pyridine rings is 2. The third-order valence-electron chi connectivity index (χ3n) is 3.28. The number of carbonyl (C=O) groups is 1. The second-order valence-corrected chi connectivity index (χ2v) is 4.71. The molecule has 0 amide bonds. The van der Waals surface area contributed by atoms with Crippen molar-refractivity contribution in [2.24, 2.45) is 0 Å². The number of carbonyl (C=O) groups excluding carboxylic acids is 1. The molecular weight excluding hydrogens is 248 g/mol. The van der Waals surface area contributed by atoms with Crippen LogP contribution >= 0.6 is 0 Å². The number of nitrogens with zero attached hydrogens (tertiary/aromatic N) is 2. The number of Topliss-reactive ketones (excluding diaryl/α,β-unsaturated/α-hetero) is 1. The van der Waals surface area contributed by atoms with Crippen molar-refractivity contribution in [1.29, 1.82) is 0 Å². The average molecular weight is 262 g/mol. The van der Waals surface area contributed by atoms with E-state index in [1.54, 1.807) is 18.6 Å². The normalized spacial score (nSPS) is 18.9. The molecular formula is C17H14N2O. The van der Waals surface area contributed by atoms with Crippen molar-refractivity contribution >= 4 is 17.9 Å². The quantitative estimate of drug-likeness (QED) is 0.780. The highest BCUT2D eigenvalue weighted by Crippen LogP contribution is 2.28. The molecule has 3 heteroatoms. The first kappa shape index (κ1) is 12.5. The van der Waals surface area contributed by atoms with Gasteiger partial charge in [0.15, 0.2) is 5.78 Å². The van der Waals surface area contributed by atoms with Crippen LogP contribution in [0, 0.1) is 0 Å². The molecule has 0 N–H and O–H groups in total. The fraction of sp³-hybridized carbons (Fsp3) is 0.118. The van der Waals surface area contributed by atoms with Crippen LogP contribution in [0.25, 0.3) is 12.2 Å². The van der Waals surface area contributed by atoms with Gasteiger partial charge in [-0.15, -0.1) is 0 Å². The van der Waals surface area contributed by atoms with Crippen LogP contribution in [0.4, 0.5) is 0 Å². The lowest BCUT2D eigenvalue weighted by atomic mass is 10.1. The molecule has 2 aromatic rings. The minimum Gasteiger partial charge on any atom is -0.289 e. The lowest BCUT2D eigenvalue weighted by Gasteiger charge is -1.96. The summed E-state index contributed by atoms with van der Waals surface area (Å²) in [5.74, 6) is 0.125. The monoisotopic (exact) mass is 262 g/mol. The van der Waals surface area contributed by atoms with E-state index in [-0.39, 0.29) is 5.78 Å². The third-order valence-corrected chi connectivity index (χ3v) is 3.28. The van der Waals surface area contributed by atoms with Crippen LogP contribution in [0.15, 0.2) is 60.1 Å². The Bertz CT molecular complexity index is 613. The van der Waals surface area contributed by atoms with Gasteiger partial charge in [-0.1, -0.05) is 12.1 Å². The van der Waals surface area contributed by atoms with E-state index in [1.165, 1.54) is 0 Å². The number of allylic oxidation sites excluding steroid dienone is 2. The Morgan fingerprint density at radius 2 is 1.80 bits per heavy atom. The third kappa shape index (κ3) is 2.72. The number of rotatable bonds is 2. The maximum absolute atomic E-state index is 12.3. The molecule has 2 heterocycles. The maximum atomic E-state index is 12.3. The Kier molecular flexibility index (Phi) is 3.50. The minimum absolute atomic E-state index is 0.125. The Morgan fingerprint density at radius 1 is 0.950 bits per heavy atom. The zero-order valence-corrected chi connectivity index (χ0v) is 11.0. The van der Waals surface area contributed by atoms with Crippen molar-refractivity contribution in [2.45, 2.75) is 12.8 Å². The van der Waals surface area contributed by atoms with Crippen LogP contribution in [0.2, 0.25) is 0 Å². The number of aromatic nitrogens is 2. The summed E-state index contributed by atoms with van der Waals surface area (Å²) in [4.78, 5) is 20.6. The summed E-state index contributed by atoms with van der Waals surface area (Å²) >= 11 is 0. The van der Waals surface area contributed by atoms with Gasteiger partial charge in [0.25, 0.3) is 0 Å². The van der Waals surface area contributed by atoms with E-state index in [0.717, 1.165) is 35.2 Å². The van der Waals surface area contributed by atoms with Crippen LogP contribution < -0.4 is 0 Å². The van der Waals surface area contributed by atoms with Gasteiger partial charge in [0.1, 0.15) is 0 Å². The molecule has 0 spiro atoms. The summed E-state index contributed by atoms with van der Waals surface area (Å²) < 4.78 is 0. The van der Waals surface area contributed by atoms with E-state index < -0.39 is 0 Å². The van der Waals surface area contributed by atoms with E-state index >= 15 is 0 Å². The van der Waals surface area contributed by atoms with Crippen molar-refractivity contribution in [3.63, 3.8) is 0 Å². The zero-order chi connectivity index (χ0) is 13.8. The Balaban J connectivity index is 1.85. The molecule has 0 aliphatic heterocycles. The maximum Gasteiger partial charge on any atom is 0.185 e. The molecule has 98 valence electrons. The summed E-state index contributed by atoms with van der Waals surface area (Å²) in [6, 6.07) is 9.52. The van der Waals surface area contributed by atoms with E-state index in [2.05, 4.69) is 9.97 Å². The van der Waals surface area contributed by atoms with Gasteiger partial charge >= 0.3 is 0 Å². The predicted octanol–water partition coefficient (Wildman–Crippen LogP) is 3.31. The van der Waals surface area contributed by atoms with Crippen LogP contribution in [0.3, 0.4) is 0 Å². The van der Waals surface area contributed by atoms with Crippen molar-refractivity contribution in [2.75, 3.05) is 0 Å². The molecule has 0 unspecified atom stereocenters. The van der Waals surface area contributed by atoms with Gasteiger partial charge in [-0.25, -0.2) is 0 Å². The average Bonchev–Trinajstić information content (AvgIpc) is 2.83. The molecule has 1 aliphatic carbocycles. The predicted molar refractivity (Wildman–Crippen MR) is 78.7 cm³/mol. The summed E-state index contributed by atoms with van der Waals surface area (Å²) in [5, 5.41) is 0. The van der Waals surface area contributed by atoms with Crippen molar-refractivity contribution < 1.29 is 4.79 Å². The molecule has 0 radical (unpaired) electrons. The highest BCUT2D eigenvalue weighted by Gasteiger charge is 2.22. The second-order valence-electron chi connectivity index (χ2n) is 4.71. The van der Waals surface area contributed by atoms with E-state index in [4.69, 9.17) is 0 Å². The molecule has 1 saturated carbocycles. The van der Waals surface area contributed by atoms with Gasteiger partial charge in [-0.05, 0) is 48.8 Å². The molecule has 0 atom stereocenters. The Hall–Kier alpha value is -2.55. The Morgan fingerprint density at radius 3 is 2.50 bits per heavy atom. The first-order valence-electron chi connectivity index (χ1n) is 6.60. The van der Waals surface area contributed by atoms with Gasteiger partial charge in [0.05, 0.1) is 5.69 Å². The smallest absolute Gasteiger partial charge is 0.185 e. The van der Waals surface area contributed by atoms with Gasteiger partial charge in [0, 0.05) is 29.7 Å². The van der Waals surface area contributed by atoms with Gasteiger partial charge in [-0.2, -0.15) is 0 Å². The topological polar surface area (TPSA) is 42.9 Å². The van der Waals surface area contributed by atoms with Crippen molar-refractivity contribution in [3.8, 4) is 0 Å². The fourth-order valence-electron chi connectivity index (χ4n) is 2.28. The van der Waals surface area contributed by atoms with Crippen LogP contribution in [0.5, 0.6) is 0 Å². The number of hydrogen-bond acceptors (Lipinski definition) is 3. The standard InChI is InChI=1S/C17H14N2O/c20-17-14(10-13-4-3-8-18-12-13)6-7-15(17)11-16-5-1-2-9-19-16/h1-5,8-12H,6-7H2. The minimum atomic E-state index is 0.125. The highest BCUT2D eigenvalue weighted by molar-refractivity contribution is 6.15. The molecule has 1 aliphatic rings. The summed E-state index contributed by atoms with van der Waals surface area (Å²) in [6.45, 7) is 0. The Labute approximate surface area is 117 Å². The van der Waals surface area contributed by atoms with E-state index in [9.17, 15) is 4.79 Å². The zero-order valence-electron chi connectivity index (χ0n) is 11.0. The summed E-state index contributed by atoms with van der Waals surface area (Å²) in [6.07, 6.45) is 10.6. The van der Waals surface area contributed by atoms with Crippen LogP contribution in [0.1, 0.15) is 24.1 Å². The molecule has 3 rings (SSSR count). The van der Waals surface area contributed by atoms with E-state index in [0.29, 0.717) is 0 Å². The first-order chi connectivity index (χ1) is 9.83. The molecule has 0 bridgehead atoms. The van der Waals surface area contributed by atoms with Gasteiger partial charge in [0.2, 0.25) is 0 Å². The summed E-state index contributed by atoms with van der Waals surface area (Å²) in [7, 11) is 0. The lowest BCUT2D eigenvalue weighted by molar-refractivity contribution is -0.111. The van der Waals surface area contributed by atoms with Crippen molar-refractivity contribution in [3.05, 3.63) is 71.3 Å². The molecule has 20 heavy (non-hydrogen) atoms. The molecule has 2 aromatic heterocycles. The second kappa shape index (κ2) is 5.61. The van der Waals surface area contributed by atoms with Crippen molar-refractivity contribution in [1.82, 2.24) is 9.97 Å². The van der Waals surface area contributed by atoms with Gasteiger partial charge in [-0.3, -0.25) is 14.8 Å². The summed E-state index contributed by atoms with van der Waals surface area (Å²) in [5.41, 5.74) is 3.48. The molecule has 0 saturated heterocycles. The largest absolute Gasteiger partial charge is 0.289 e. The molecule has 0 aromatic carbocycles. The first-order valence-corrected chi connectivity index (χ1v) is 6.60. The van der Waals surface area contributed by atoms with Crippen LogP contribution in [-0.4, -0.2) is 15.8 Å². The molecule has 1 fully saturated rings. The SMILES string of the molecule is O=C1C(=Cc2cccnc2)CCC1=Cc1ccccn1.